The van der Waals surface area contributed by atoms with Gasteiger partial charge in [-0.15, -0.1) is 0 Å². The van der Waals surface area contributed by atoms with Gasteiger partial charge in [-0.1, -0.05) is 30.3 Å². The zero-order valence-electron chi connectivity index (χ0n) is 10.6. The quantitative estimate of drug-likeness (QED) is 0.813. The first-order valence-corrected chi connectivity index (χ1v) is 6.33. The van der Waals surface area contributed by atoms with E-state index in [9.17, 15) is 9.90 Å². The minimum absolute atomic E-state index is 0.0312. The van der Waals surface area contributed by atoms with Crippen LogP contribution in [0.2, 0.25) is 0 Å². The third-order valence-corrected chi connectivity index (χ3v) is 3.20. The predicted octanol–water partition coefficient (Wildman–Crippen LogP) is 2.01. The molecule has 1 atom stereocenters. The molecule has 0 aromatic heterocycles. The summed E-state index contributed by atoms with van der Waals surface area (Å²) in [5.74, 6) is 0.0229. The summed E-state index contributed by atoms with van der Waals surface area (Å²) in [4.78, 5) is 15.9. The van der Waals surface area contributed by atoms with Gasteiger partial charge in [0.15, 0.2) is 5.78 Å². The van der Waals surface area contributed by atoms with Crippen LogP contribution in [0.15, 0.2) is 46.7 Å². The summed E-state index contributed by atoms with van der Waals surface area (Å²) in [6.45, 7) is 0.178. The fourth-order valence-corrected chi connectivity index (χ4v) is 2.23. The second-order valence-corrected chi connectivity index (χ2v) is 4.56. The first kappa shape index (κ1) is 13.5. The fourth-order valence-electron chi connectivity index (χ4n) is 2.23. The number of carbonyl (C=O) groups excluding carboxylic acids is 1. The molecule has 0 spiro atoms. The van der Waals surface area contributed by atoms with E-state index in [0.717, 1.165) is 5.56 Å². The fraction of sp³-hybridized carbons (Fsp3) is 0.333. The van der Waals surface area contributed by atoms with Crippen LogP contribution in [0.5, 0.6) is 0 Å². The van der Waals surface area contributed by atoms with Crippen molar-refractivity contribution >= 4 is 12.0 Å². The Labute approximate surface area is 112 Å². The summed E-state index contributed by atoms with van der Waals surface area (Å²) in [5.41, 5.74) is 1.34. The predicted molar refractivity (Wildman–Crippen MR) is 73.5 cm³/mol. The van der Waals surface area contributed by atoms with E-state index in [2.05, 4.69) is 4.99 Å². The van der Waals surface area contributed by atoms with Gasteiger partial charge in [-0.3, -0.25) is 9.79 Å². The molecule has 0 heterocycles. The van der Waals surface area contributed by atoms with Crippen LogP contribution < -0.4 is 0 Å². The van der Waals surface area contributed by atoms with Crippen molar-refractivity contribution in [3.8, 4) is 0 Å². The highest BCUT2D eigenvalue weighted by molar-refractivity contribution is 6.14. The Morgan fingerprint density at radius 2 is 2.00 bits per heavy atom. The molecule has 0 unspecified atom stereocenters. The average molecular weight is 259 g/mol. The van der Waals surface area contributed by atoms with Crippen molar-refractivity contribution in [2.24, 2.45) is 4.99 Å². The lowest BCUT2D eigenvalue weighted by Crippen LogP contribution is -2.19. The standard InChI is InChI=1S/C15H17NO3/c17-7-6-16-10-13-14(18)8-12(9-15(13)19)11-4-2-1-3-5-11/h1-5,10,12,17-18H,6-9H2/t12-/m0/s1. The van der Waals surface area contributed by atoms with Crippen LogP contribution in [0.25, 0.3) is 0 Å². The zero-order chi connectivity index (χ0) is 13.7. The number of carbonyl (C=O) groups is 1. The summed E-state index contributed by atoms with van der Waals surface area (Å²) in [6, 6.07) is 9.72. The van der Waals surface area contributed by atoms with Crippen LogP contribution in [0.1, 0.15) is 24.3 Å². The molecular formula is C15H17NO3. The van der Waals surface area contributed by atoms with Gasteiger partial charge in [0.2, 0.25) is 0 Å². The Kier molecular flexibility index (Phi) is 4.47. The number of hydrogen-bond donors (Lipinski definition) is 2. The van der Waals surface area contributed by atoms with Crippen molar-refractivity contribution in [2.75, 3.05) is 13.2 Å². The van der Waals surface area contributed by atoms with Crippen LogP contribution in [-0.2, 0) is 4.79 Å². The van der Waals surface area contributed by atoms with Gasteiger partial charge in [0.25, 0.3) is 0 Å². The Bertz CT molecular complexity index is 505. The molecule has 100 valence electrons. The molecule has 4 nitrogen and oxygen atoms in total. The molecule has 1 aromatic carbocycles. The highest BCUT2D eigenvalue weighted by Gasteiger charge is 2.27. The van der Waals surface area contributed by atoms with Gasteiger partial charge >= 0.3 is 0 Å². The maximum atomic E-state index is 12.0. The highest BCUT2D eigenvalue weighted by atomic mass is 16.3. The van der Waals surface area contributed by atoms with E-state index in [1.807, 2.05) is 30.3 Å². The number of aliphatic imine (C=N–C) groups is 1. The molecule has 0 amide bonds. The number of nitrogens with zero attached hydrogens (tertiary/aromatic N) is 1. The number of hydrogen-bond acceptors (Lipinski definition) is 4. The molecule has 1 aliphatic carbocycles. The van der Waals surface area contributed by atoms with Crippen molar-refractivity contribution in [2.45, 2.75) is 18.8 Å². The van der Waals surface area contributed by atoms with Gasteiger partial charge < -0.3 is 10.2 Å². The van der Waals surface area contributed by atoms with Crippen molar-refractivity contribution in [1.82, 2.24) is 0 Å². The van der Waals surface area contributed by atoms with Crippen LogP contribution in [-0.4, -0.2) is 35.4 Å². The number of aliphatic hydroxyl groups excluding tert-OH is 2. The van der Waals surface area contributed by atoms with Crippen LogP contribution >= 0.6 is 0 Å². The Morgan fingerprint density at radius 3 is 2.63 bits per heavy atom. The third-order valence-electron chi connectivity index (χ3n) is 3.20. The van der Waals surface area contributed by atoms with Gasteiger partial charge in [0.05, 0.1) is 18.7 Å². The second kappa shape index (κ2) is 6.29. The van der Waals surface area contributed by atoms with E-state index in [1.165, 1.54) is 6.21 Å². The lowest BCUT2D eigenvalue weighted by molar-refractivity contribution is -0.116. The van der Waals surface area contributed by atoms with Crippen molar-refractivity contribution < 1.29 is 15.0 Å². The van der Waals surface area contributed by atoms with E-state index in [4.69, 9.17) is 5.11 Å². The molecule has 2 N–H and O–H groups in total. The first-order chi connectivity index (χ1) is 9.22. The monoisotopic (exact) mass is 259 g/mol. The SMILES string of the molecule is O=C1C[C@@H](c2ccccc2)CC(O)=C1C=NCCO. The number of ketones is 1. The molecule has 4 heteroatoms. The van der Waals surface area contributed by atoms with E-state index < -0.39 is 0 Å². The second-order valence-electron chi connectivity index (χ2n) is 4.56. The molecule has 0 fully saturated rings. The Balaban J connectivity index is 2.16. The molecule has 0 aliphatic heterocycles. The van der Waals surface area contributed by atoms with Gasteiger partial charge in [0.1, 0.15) is 5.76 Å². The maximum absolute atomic E-state index is 12.0. The van der Waals surface area contributed by atoms with Crippen LogP contribution in [0.3, 0.4) is 0 Å². The molecule has 0 radical (unpaired) electrons. The van der Waals surface area contributed by atoms with E-state index in [0.29, 0.717) is 12.8 Å². The lowest BCUT2D eigenvalue weighted by Gasteiger charge is -2.22. The summed E-state index contributed by atoms with van der Waals surface area (Å²) in [7, 11) is 0. The highest BCUT2D eigenvalue weighted by Crippen LogP contribution is 2.32. The number of benzene rings is 1. The Morgan fingerprint density at radius 1 is 1.26 bits per heavy atom. The Hall–Kier alpha value is -1.94. The molecule has 0 saturated heterocycles. The molecule has 2 rings (SSSR count). The van der Waals surface area contributed by atoms with Crippen molar-refractivity contribution in [1.29, 1.82) is 0 Å². The number of Topliss-reactive ketones (excluding diaryl/α,β-unsaturated/α-hetero) is 1. The maximum Gasteiger partial charge on any atom is 0.168 e. The minimum Gasteiger partial charge on any atom is -0.511 e. The van der Waals surface area contributed by atoms with Crippen molar-refractivity contribution in [3.63, 3.8) is 0 Å². The first-order valence-electron chi connectivity index (χ1n) is 6.33. The third kappa shape index (κ3) is 3.29. The molecule has 1 aromatic rings. The summed E-state index contributed by atoms with van der Waals surface area (Å²) >= 11 is 0. The van der Waals surface area contributed by atoms with Gasteiger partial charge in [0, 0.05) is 19.1 Å². The molecule has 19 heavy (non-hydrogen) atoms. The molecular weight excluding hydrogens is 242 g/mol. The summed E-state index contributed by atoms with van der Waals surface area (Å²) in [5, 5.41) is 18.6. The molecule has 1 aliphatic rings. The zero-order valence-corrected chi connectivity index (χ0v) is 10.6. The number of aliphatic hydroxyl groups is 2. The molecule has 0 saturated carbocycles. The molecule has 0 bridgehead atoms. The van der Waals surface area contributed by atoms with Crippen LogP contribution in [0, 0.1) is 0 Å². The van der Waals surface area contributed by atoms with Gasteiger partial charge in [-0.2, -0.15) is 0 Å². The largest absolute Gasteiger partial charge is 0.511 e. The van der Waals surface area contributed by atoms with E-state index >= 15 is 0 Å². The van der Waals surface area contributed by atoms with Crippen LogP contribution in [0.4, 0.5) is 0 Å². The van der Waals surface area contributed by atoms with E-state index in [-0.39, 0.29) is 36.2 Å². The minimum atomic E-state index is -0.0979. The van der Waals surface area contributed by atoms with Gasteiger partial charge in [-0.25, -0.2) is 0 Å². The normalized spacial score (nSPS) is 20.3. The summed E-state index contributed by atoms with van der Waals surface area (Å²) < 4.78 is 0. The van der Waals surface area contributed by atoms with Crippen molar-refractivity contribution in [3.05, 3.63) is 47.2 Å². The topological polar surface area (TPSA) is 69.9 Å². The lowest BCUT2D eigenvalue weighted by atomic mass is 9.83. The summed E-state index contributed by atoms with van der Waals surface area (Å²) in [6.07, 6.45) is 2.21. The average Bonchev–Trinajstić information content (AvgIpc) is 2.43. The van der Waals surface area contributed by atoms with Gasteiger partial charge in [-0.05, 0) is 11.5 Å². The number of rotatable bonds is 4. The smallest absolute Gasteiger partial charge is 0.168 e. The number of allylic oxidation sites excluding steroid dienone is 2. The van der Waals surface area contributed by atoms with E-state index in [1.54, 1.807) is 0 Å².